The third-order valence-corrected chi connectivity index (χ3v) is 20.9. The summed E-state index contributed by atoms with van der Waals surface area (Å²) in [7, 11) is 3.38. The normalized spacial score (nSPS) is 26.8. The number of aromatic nitrogens is 4. The molecule has 4 saturated carbocycles. The van der Waals surface area contributed by atoms with E-state index in [2.05, 4.69) is 167 Å². The number of fused-ring (bicyclic) bond motifs is 6. The molecule has 3 aromatic heterocycles. The van der Waals surface area contributed by atoms with Crippen LogP contribution in [0.5, 0.6) is 11.5 Å². The average molecular weight is 1340 g/mol. The van der Waals surface area contributed by atoms with Crippen LogP contribution in [0.4, 0.5) is 0 Å². The van der Waals surface area contributed by atoms with Crippen LogP contribution in [0.3, 0.4) is 0 Å². The Labute approximate surface area is 610 Å². The van der Waals surface area contributed by atoms with Gasteiger partial charge in [-0.2, -0.15) is 6.20 Å². The molecule has 5 heterocycles. The van der Waals surface area contributed by atoms with E-state index >= 15 is 0 Å². The van der Waals surface area contributed by atoms with Crippen molar-refractivity contribution in [2.45, 2.75) is 159 Å². The van der Waals surface area contributed by atoms with Crippen molar-refractivity contribution in [3.05, 3.63) is 261 Å². The molecule has 4 aliphatic carbocycles. The second-order valence-corrected chi connectivity index (χ2v) is 27.9. The van der Waals surface area contributed by atoms with E-state index in [1.54, 1.807) is 20.4 Å². The van der Waals surface area contributed by atoms with Crippen LogP contribution in [-0.4, -0.2) is 88.2 Å². The maximum atomic E-state index is 10.8. The molecule has 2 unspecified atom stereocenters. The first-order valence-electron chi connectivity index (χ1n) is 32.3. The predicted molar refractivity (Wildman–Crippen MR) is 368 cm³/mol. The Hall–Kier alpha value is -5.76. The molecule has 16 rings (SSSR count). The molecular weight excluding hydrogens is 1260 g/mol. The molecule has 1 N–H and O–H groups in total. The van der Waals surface area contributed by atoms with Crippen LogP contribution < -0.4 is 65.8 Å². The van der Waals surface area contributed by atoms with Crippen LogP contribution in [0.15, 0.2) is 207 Å². The molecule has 7 aromatic carbocycles. The quantitative estimate of drug-likeness (QED) is 0.0668. The molecule has 95 heavy (non-hydrogen) atoms. The van der Waals surface area contributed by atoms with Crippen molar-refractivity contribution in [2.75, 3.05) is 14.2 Å². The third-order valence-electron chi connectivity index (χ3n) is 20.3. The number of halogens is 2. The van der Waals surface area contributed by atoms with Crippen molar-refractivity contribution in [2.24, 2.45) is 10.8 Å². The number of methoxy groups -OCH3 is 2. The van der Waals surface area contributed by atoms with Crippen molar-refractivity contribution < 1.29 is 94.4 Å². The van der Waals surface area contributed by atoms with Crippen molar-refractivity contribution in [3.8, 4) is 11.5 Å². The molecule has 10 aromatic rings. The topological polar surface area (TPSA) is 139 Å². The van der Waals surface area contributed by atoms with Crippen LogP contribution >= 0.6 is 23.2 Å². The zero-order valence-electron chi connectivity index (χ0n) is 54.7. The van der Waals surface area contributed by atoms with E-state index in [0.717, 1.165) is 104 Å². The first-order valence-corrected chi connectivity index (χ1v) is 33.0. The average Bonchev–Trinajstić information content (AvgIpc) is 1.59. The van der Waals surface area contributed by atoms with Crippen LogP contribution in [0.2, 0.25) is 10.2 Å². The van der Waals surface area contributed by atoms with E-state index in [1.807, 2.05) is 88.4 Å². The van der Waals surface area contributed by atoms with E-state index in [0.29, 0.717) is 11.6 Å². The Kier molecular flexibility index (Phi) is 20.0. The van der Waals surface area contributed by atoms with Gasteiger partial charge in [-0.25, -0.2) is 9.97 Å². The van der Waals surface area contributed by atoms with Gasteiger partial charge >= 0.3 is 51.4 Å². The molecule has 488 valence electrons. The molecule has 0 bridgehead atoms. The van der Waals surface area contributed by atoms with Gasteiger partial charge in [-0.05, 0) is 155 Å². The van der Waals surface area contributed by atoms with Gasteiger partial charge in [0.05, 0.1) is 56.2 Å². The maximum Gasteiger partial charge on any atom is 1.00 e. The molecule has 2 spiro atoms. The van der Waals surface area contributed by atoms with Crippen LogP contribution in [0.1, 0.15) is 124 Å². The third kappa shape index (κ3) is 12.9. The molecule has 0 amide bonds. The molecular formula is C79H83Cl2KN4O9. The summed E-state index contributed by atoms with van der Waals surface area (Å²) in [6.07, 6.45) is 9.22. The molecule has 2 aliphatic heterocycles. The SMILES string of the molecule is C.COc1ccc(C(OC2CC3(C2)C[C@@H](n2ccc4c(Cl)ncnc42)[C@@H]2OC(C)(C)O[C@@H]23)(c2ccccc2)c2ccc(C)cc2)cc1.COc1ccc(C(OC2CC3(C2)C[C@H](O)[C@@H]2OC(C)(C)O[C@@H]23)(c2ccccc2)c2ccc(C)cc2)cc1.Clc1cccc2[n-]ccc12.[K+]. The fourth-order valence-corrected chi connectivity index (χ4v) is 16.4. The van der Waals surface area contributed by atoms with Gasteiger partial charge in [-0.3, -0.25) is 0 Å². The predicted octanol–water partition coefficient (Wildman–Crippen LogP) is 13.9. The fraction of sp³-hybridized carbons (Fsp3) is 0.367. The maximum absolute atomic E-state index is 10.8. The minimum absolute atomic E-state index is 0. The summed E-state index contributed by atoms with van der Waals surface area (Å²) in [5.74, 6) is 0.269. The van der Waals surface area contributed by atoms with Crippen molar-refractivity contribution in [1.29, 1.82) is 0 Å². The summed E-state index contributed by atoms with van der Waals surface area (Å²) < 4.78 is 53.6. The summed E-state index contributed by atoms with van der Waals surface area (Å²) >= 11 is 12.3. The van der Waals surface area contributed by atoms with Gasteiger partial charge in [0.2, 0.25) is 0 Å². The van der Waals surface area contributed by atoms with Gasteiger partial charge in [-0.1, -0.05) is 193 Å². The number of benzene rings is 7. The Balaban J connectivity index is 0.000000158. The molecule has 0 radical (unpaired) electrons. The fourth-order valence-electron chi connectivity index (χ4n) is 16.0. The molecule has 16 heteroatoms. The Morgan fingerprint density at radius 3 is 1.45 bits per heavy atom. The largest absolute Gasteiger partial charge is 1.00 e. The number of hydrogen-bond acceptors (Lipinski definition) is 11. The van der Waals surface area contributed by atoms with Crippen LogP contribution in [0.25, 0.3) is 21.9 Å². The van der Waals surface area contributed by atoms with Crippen molar-refractivity contribution in [1.82, 2.24) is 19.5 Å². The van der Waals surface area contributed by atoms with E-state index < -0.39 is 28.9 Å². The number of rotatable bonds is 13. The summed E-state index contributed by atoms with van der Waals surface area (Å²) in [6.45, 7) is 12.1. The minimum atomic E-state index is -0.818. The first-order chi connectivity index (χ1) is 44.8. The van der Waals surface area contributed by atoms with Gasteiger partial charge in [0.1, 0.15) is 52.0 Å². The van der Waals surface area contributed by atoms with Gasteiger partial charge in [-0.15, -0.1) is 5.52 Å². The Morgan fingerprint density at radius 2 is 0.968 bits per heavy atom. The van der Waals surface area contributed by atoms with E-state index in [4.69, 9.17) is 61.1 Å². The molecule has 6 fully saturated rings. The number of hydrogen-bond donors (Lipinski definition) is 1. The Morgan fingerprint density at radius 1 is 0.516 bits per heavy atom. The summed E-state index contributed by atoms with van der Waals surface area (Å²) in [4.78, 5) is 12.9. The number of ether oxygens (including phenoxy) is 8. The number of nitrogens with zero attached hydrogens (tertiary/aromatic N) is 4. The summed E-state index contributed by atoms with van der Waals surface area (Å²) in [5.41, 5.74) is 8.81. The zero-order valence-corrected chi connectivity index (χ0v) is 59.4. The second kappa shape index (κ2) is 27.5. The van der Waals surface area contributed by atoms with Crippen LogP contribution in [0, 0.1) is 24.7 Å². The molecule has 8 atom stereocenters. The van der Waals surface area contributed by atoms with E-state index in [-0.39, 0.29) is 112 Å². The van der Waals surface area contributed by atoms with Crippen LogP contribution in [-0.2, 0) is 39.6 Å². The molecule has 2 saturated heterocycles. The standard InChI is InChI=1S/C38H38ClN3O4.C32H36O5.C8H5ClN.CH4.K/c1-24-10-12-26(13-11-24)38(25-8-6-5-7-9-25,27-14-16-28(43-4)17-15-27)44-29-20-37(21-29)22-31(32-33(37)46-36(2,3)45-32)42-19-18-30-34(39)40-23-41-35(30)42;1-21-10-12-23(13-11-21)32(22-8-6-5-7-9-22,24-14-16-25(34-4)17-15-24)35-26-18-31(19-26)20-27(33)28-29(31)37-30(2,3)36-28;9-7-2-1-3-8-6(7)4-5-10-8;;/h5-19,23,29,31-33H,20-22H2,1-4H3;5-17,26-29,33H,18-20H2,1-4H3;1-5H;1H4;/q;;-1;;+1/t29?,31-,32+,33+,37?,38?;26?,27-,28-,29-,31?,32?;;;/m10.../s1. The van der Waals surface area contributed by atoms with Crippen molar-refractivity contribution in [3.63, 3.8) is 0 Å². The van der Waals surface area contributed by atoms with Gasteiger partial charge in [0.15, 0.2) is 11.6 Å². The number of aliphatic hydroxyl groups excluding tert-OH is 1. The summed E-state index contributed by atoms with van der Waals surface area (Å²) in [5, 5.41) is 13.9. The molecule has 13 nitrogen and oxygen atoms in total. The van der Waals surface area contributed by atoms with Gasteiger partial charge in [0.25, 0.3) is 0 Å². The van der Waals surface area contributed by atoms with E-state index in [9.17, 15) is 5.11 Å². The summed E-state index contributed by atoms with van der Waals surface area (Å²) in [6, 6.07) is 64.5. The Bertz CT molecular complexity index is 4240. The smallest absolute Gasteiger partial charge is 0.664 e. The van der Waals surface area contributed by atoms with Gasteiger partial charge in [0, 0.05) is 22.0 Å². The van der Waals surface area contributed by atoms with Gasteiger partial charge < -0.3 is 52.6 Å². The number of aliphatic hydroxyl groups is 1. The second-order valence-electron chi connectivity index (χ2n) is 27.1. The molecule has 6 aliphatic rings. The zero-order chi connectivity index (χ0) is 64.5. The van der Waals surface area contributed by atoms with E-state index in [1.165, 1.54) is 17.5 Å². The van der Waals surface area contributed by atoms with Crippen molar-refractivity contribution >= 4 is 45.1 Å². The monoisotopic (exact) mass is 1340 g/mol. The number of aryl methyl sites for hydroxylation is 2. The first kappa shape index (κ1) is 69.1. The minimum Gasteiger partial charge on any atom is -0.664 e.